The molecule has 1 saturated heterocycles. The Balaban J connectivity index is 1.51. The minimum atomic E-state index is 0.354. The van der Waals surface area contributed by atoms with Crippen molar-refractivity contribution in [1.82, 2.24) is 10.2 Å². The zero-order chi connectivity index (χ0) is 13.5. The maximum atomic E-state index is 5.84. The molecule has 0 bridgehead atoms. The van der Waals surface area contributed by atoms with Gasteiger partial charge in [-0.3, -0.25) is 4.90 Å². The molecule has 4 nitrogen and oxygen atoms in total. The van der Waals surface area contributed by atoms with Gasteiger partial charge >= 0.3 is 0 Å². The van der Waals surface area contributed by atoms with Crippen molar-refractivity contribution in [3.8, 4) is 0 Å². The average Bonchev–Trinajstić information content (AvgIpc) is 2.86. The topological polar surface area (TPSA) is 33.7 Å². The Morgan fingerprint density at radius 3 is 3.05 bits per heavy atom. The van der Waals surface area contributed by atoms with E-state index in [0.717, 1.165) is 45.8 Å². The van der Waals surface area contributed by atoms with Crippen LogP contribution in [-0.2, 0) is 9.47 Å². The van der Waals surface area contributed by atoms with Gasteiger partial charge in [0.2, 0.25) is 0 Å². The minimum Gasteiger partial charge on any atom is -0.379 e. The van der Waals surface area contributed by atoms with Gasteiger partial charge in [-0.25, -0.2) is 0 Å². The van der Waals surface area contributed by atoms with E-state index in [1.54, 1.807) is 0 Å². The molecule has 0 aromatic heterocycles. The van der Waals surface area contributed by atoms with E-state index in [9.17, 15) is 0 Å². The molecular formula is C15H30N2O2. The van der Waals surface area contributed by atoms with E-state index in [4.69, 9.17) is 9.47 Å². The van der Waals surface area contributed by atoms with Gasteiger partial charge in [0, 0.05) is 32.3 Å². The fraction of sp³-hybridized carbons (Fsp3) is 1.00. The van der Waals surface area contributed by atoms with E-state index < -0.39 is 0 Å². The van der Waals surface area contributed by atoms with Crippen molar-refractivity contribution in [2.45, 2.75) is 57.8 Å². The zero-order valence-electron chi connectivity index (χ0n) is 12.6. The lowest BCUT2D eigenvalue weighted by atomic mass is 10.1. The second kappa shape index (κ2) is 8.20. The normalized spacial score (nSPS) is 27.9. The largest absolute Gasteiger partial charge is 0.379 e. The number of rotatable bonds is 8. The van der Waals surface area contributed by atoms with Crippen LogP contribution >= 0.6 is 0 Å². The zero-order valence-corrected chi connectivity index (χ0v) is 12.6. The molecule has 0 radical (unpaired) electrons. The van der Waals surface area contributed by atoms with Crippen LogP contribution in [0.5, 0.6) is 0 Å². The molecular weight excluding hydrogens is 240 g/mol. The molecule has 2 unspecified atom stereocenters. The maximum Gasteiger partial charge on any atom is 0.0730 e. The highest BCUT2D eigenvalue weighted by atomic mass is 16.5. The van der Waals surface area contributed by atoms with Crippen LogP contribution in [0.4, 0.5) is 0 Å². The second-order valence-corrected chi connectivity index (χ2v) is 5.97. The van der Waals surface area contributed by atoms with Gasteiger partial charge in [-0.15, -0.1) is 0 Å². The van der Waals surface area contributed by atoms with Crippen LogP contribution in [0.1, 0.15) is 39.5 Å². The molecule has 0 aromatic rings. The SMILES string of the molecule is CC(C)OCCCNCCN1CCOC2CCCC21. The number of nitrogens with one attached hydrogen (secondary N) is 1. The quantitative estimate of drug-likeness (QED) is 0.680. The Hall–Kier alpha value is -0.160. The Labute approximate surface area is 117 Å². The van der Waals surface area contributed by atoms with Gasteiger partial charge in [0.05, 0.1) is 18.8 Å². The highest BCUT2D eigenvalue weighted by molar-refractivity contribution is 4.89. The second-order valence-electron chi connectivity index (χ2n) is 5.97. The third kappa shape index (κ3) is 5.03. The van der Waals surface area contributed by atoms with Crippen molar-refractivity contribution in [3.63, 3.8) is 0 Å². The van der Waals surface area contributed by atoms with E-state index >= 15 is 0 Å². The summed E-state index contributed by atoms with van der Waals surface area (Å²) in [5.41, 5.74) is 0. The molecule has 1 heterocycles. The summed E-state index contributed by atoms with van der Waals surface area (Å²) in [6.07, 6.45) is 5.91. The van der Waals surface area contributed by atoms with Crippen LogP contribution in [0.2, 0.25) is 0 Å². The van der Waals surface area contributed by atoms with Crippen LogP contribution in [0.25, 0.3) is 0 Å². The smallest absolute Gasteiger partial charge is 0.0730 e. The van der Waals surface area contributed by atoms with Gasteiger partial charge < -0.3 is 14.8 Å². The van der Waals surface area contributed by atoms with E-state index in [1.807, 2.05) is 0 Å². The van der Waals surface area contributed by atoms with Gasteiger partial charge in [0.1, 0.15) is 0 Å². The number of fused-ring (bicyclic) bond motifs is 1. The van der Waals surface area contributed by atoms with Crippen molar-refractivity contribution in [1.29, 1.82) is 0 Å². The summed E-state index contributed by atoms with van der Waals surface area (Å²) in [4.78, 5) is 2.62. The number of morpholine rings is 1. The number of ether oxygens (including phenoxy) is 2. The van der Waals surface area contributed by atoms with Gasteiger partial charge in [0.15, 0.2) is 0 Å². The highest BCUT2D eigenvalue weighted by Crippen LogP contribution is 2.29. The van der Waals surface area contributed by atoms with Gasteiger partial charge in [-0.05, 0) is 46.1 Å². The molecule has 112 valence electrons. The van der Waals surface area contributed by atoms with Crippen LogP contribution in [0, 0.1) is 0 Å². The Morgan fingerprint density at radius 1 is 1.32 bits per heavy atom. The number of hydrogen-bond donors (Lipinski definition) is 1. The fourth-order valence-corrected chi connectivity index (χ4v) is 3.15. The van der Waals surface area contributed by atoms with E-state index in [0.29, 0.717) is 18.2 Å². The molecule has 4 heteroatoms. The highest BCUT2D eigenvalue weighted by Gasteiger charge is 2.35. The lowest BCUT2D eigenvalue weighted by Crippen LogP contribution is -2.50. The molecule has 2 aliphatic rings. The third-order valence-corrected chi connectivity index (χ3v) is 4.12. The predicted octanol–water partition coefficient (Wildman–Crippen LogP) is 1.64. The summed E-state index contributed by atoms with van der Waals surface area (Å²) in [6.45, 7) is 10.4. The molecule has 2 atom stereocenters. The fourth-order valence-electron chi connectivity index (χ4n) is 3.15. The van der Waals surface area contributed by atoms with Crippen LogP contribution in [0.15, 0.2) is 0 Å². The van der Waals surface area contributed by atoms with Crippen LogP contribution in [0.3, 0.4) is 0 Å². The van der Waals surface area contributed by atoms with Gasteiger partial charge in [0.25, 0.3) is 0 Å². The van der Waals surface area contributed by atoms with E-state index in [1.165, 1.54) is 19.3 Å². The van der Waals surface area contributed by atoms with Crippen molar-refractivity contribution < 1.29 is 9.47 Å². The van der Waals surface area contributed by atoms with Crippen LogP contribution in [-0.4, -0.2) is 62.5 Å². The molecule has 2 fully saturated rings. The lowest BCUT2D eigenvalue weighted by Gasteiger charge is -2.37. The standard InChI is InChI=1S/C15H30N2O2/c1-13(2)18-11-4-7-16-8-9-17-10-12-19-15-6-3-5-14(15)17/h13-16H,3-12H2,1-2H3. The average molecular weight is 270 g/mol. The monoisotopic (exact) mass is 270 g/mol. The molecule has 2 rings (SSSR count). The minimum absolute atomic E-state index is 0.354. The predicted molar refractivity (Wildman–Crippen MR) is 77.5 cm³/mol. The van der Waals surface area contributed by atoms with Crippen LogP contribution < -0.4 is 5.32 Å². The summed E-state index contributed by atoms with van der Waals surface area (Å²) < 4.78 is 11.4. The molecule has 1 aliphatic carbocycles. The lowest BCUT2D eigenvalue weighted by molar-refractivity contribution is -0.0548. The molecule has 19 heavy (non-hydrogen) atoms. The Morgan fingerprint density at radius 2 is 2.21 bits per heavy atom. The Bertz CT molecular complexity index is 248. The third-order valence-electron chi connectivity index (χ3n) is 4.12. The number of nitrogens with zero attached hydrogens (tertiary/aromatic N) is 1. The molecule has 0 aromatic carbocycles. The first-order valence-corrected chi connectivity index (χ1v) is 7.95. The van der Waals surface area contributed by atoms with Crippen molar-refractivity contribution in [2.24, 2.45) is 0 Å². The summed E-state index contributed by atoms with van der Waals surface area (Å²) >= 11 is 0. The molecule has 1 N–H and O–H groups in total. The van der Waals surface area contributed by atoms with Gasteiger partial charge in [-0.2, -0.15) is 0 Å². The Kier molecular flexibility index (Phi) is 6.57. The summed E-state index contributed by atoms with van der Waals surface area (Å²) in [7, 11) is 0. The van der Waals surface area contributed by atoms with Crippen molar-refractivity contribution in [2.75, 3.05) is 39.4 Å². The summed E-state index contributed by atoms with van der Waals surface area (Å²) in [5, 5.41) is 3.52. The van der Waals surface area contributed by atoms with Crippen molar-refractivity contribution in [3.05, 3.63) is 0 Å². The first-order chi connectivity index (χ1) is 9.27. The first kappa shape index (κ1) is 15.2. The maximum absolute atomic E-state index is 5.84. The first-order valence-electron chi connectivity index (χ1n) is 7.95. The molecule has 1 aliphatic heterocycles. The van der Waals surface area contributed by atoms with Crippen molar-refractivity contribution >= 4 is 0 Å². The molecule has 1 saturated carbocycles. The molecule has 0 amide bonds. The summed E-state index contributed by atoms with van der Waals surface area (Å²) in [5.74, 6) is 0. The molecule has 0 spiro atoms. The number of hydrogen-bond acceptors (Lipinski definition) is 4. The summed E-state index contributed by atoms with van der Waals surface area (Å²) in [6, 6.07) is 0.694. The van der Waals surface area contributed by atoms with E-state index in [-0.39, 0.29) is 0 Å². The van der Waals surface area contributed by atoms with Gasteiger partial charge in [-0.1, -0.05) is 0 Å². The van der Waals surface area contributed by atoms with E-state index in [2.05, 4.69) is 24.1 Å².